The third-order valence-electron chi connectivity index (χ3n) is 3.17. The van der Waals surface area contributed by atoms with Crippen molar-refractivity contribution in [2.45, 2.75) is 32.1 Å². The molecule has 3 heteroatoms. The van der Waals surface area contributed by atoms with Gasteiger partial charge < -0.3 is 15.4 Å². The summed E-state index contributed by atoms with van der Waals surface area (Å²) in [6.07, 6.45) is 7.16. The van der Waals surface area contributed by atoms with Crippen LogP contribution in [0.15, 0.2) is 0 Å². The number of nitrogens with two attached hydrogens (primary N) is 1. The Balaban J connectivity index is 1.98. The van der Waals surface area contributed by atoms with Crippen molar-refractivity contribution in [2.75, 3.05) is 39.9 Å². The van der Waals surface area contributed by atoms with Gasteiger partial charge in [0, 0.05) is 19.6 Å². The smallest absolute Gasteiger partial charge is 0.0593 e. The summed E-state index contributed by atoms with van der Waals surface area (Å²) >= 11 is 0. The summed E-state index contributed by atoms with van der Waals surface area (Å²) < 4.78 is 5.38. The Kier molecular flexibility index (Phi) is 6.98. The van der Waals surface area contributed by atoms with Gasteiger partial charge in [-0.15, -0.1) is 0 Å². The van der Waals surface area contributed by atoms with E-state index < -0.39 is 0 Å². The first-order chi connectivity index (χ1) is 7.33. The minimum atomic E-state index is 0.631. The fourth-order valence-corrected chi connectivity index (χ4v) is 2.31. The van der Waals surface area contributed by atoms with Crippen LogP contribution in [0.3, 0.4) is 0 Å². The maximum absolute atomic E-state index is 5.38. The zero-order chi connectivity index (χ0) is 10.9. The monoisotopic (exact) mass is 214 g/mol. The Hall–Kier alpha value is -0.120. The molecule has 0 aromatic heterocycles. The van der Waals surface area contributed by atoms with Gasteiger partial charge in [-0.3, -0.25) is 0 Å². The van der Waals surface area contributed by atoms with Crippen LogP contribution in [0.4, 0.5) is 0 Å². The zero-order valence-corrected chi connectivity index (χ0v) is 10.1. The van der Waals surface area contributed by atoms with Crippen LogP contribution < -0.4 is 5.73 Å². The third-order valence-corrected chi connectivity index (χ3v) is 3.17. The lowest BCUT2D eigenvalue weighted by molar-refractivity contribution is 0.109. The molecule has 0 radical (unpaired) electrons. The molecule has 3 nitrogen and oxygen atoms in total. The van der Waals surface area contributed by atoms with Crippen LogP contribution in [0.5, 0.6) is 0 Å². The average Bonchev–Trinajstić information content (AvgIpc) is 2.26. The van der Waals surface area contributed by atoms with Crippen molar-refractivity contribution in [1.82, 2.24) is 4.90 Å². The van der Waals surface area contributed by atoms with Gasteiger partial charge in [-0.05, 0) is 25.8 Å². The van der Waals surface area contributed by atoms with E-state index in [1.165, 1.54) is 38.6 Å². The lowest BCUT2D eigenvalue weighted by Gasteiger charge is -2.26. The molecule has 0 atom stereocenters. The number of likely N-dealkylation sites (N-methyl/N-ethyl adjacent to an activating group) is 1. The molecule has 0 bridgehead atoms. The van der Waals surface area contributed by atoms with Gasteiger partial charge in [0.25, 0.3) is 0 Å². The van der Waals surface area contributed by atoms with E-state index in [2.05, 4.69) is 11.9 Å². The van der Waals surface area contributed by atoms with Crippen molar-refractivity contribution in [3.05, 3.63) is 0 Å². The van der Waals surface area contributed by atoms with Gasteiger partial charge in [0.2, 0.25) is 0 Å². The summed E-state index contributed by atoms with van der Waals surface area (Å²) in [5, 5.41) is 0. The van der Waals surface area contributed by atoms with E-state index in [0.29, 0.717) is 13.2 Å². The van der Waals surface area contributed by atoms with Crippen molar-refractivity contribution in [2.24, 2.45) is 11.7 Å². The Morgan fingerprint density at radius 2 is 1.93 bits per heavy atom. The SMILES string of the molecule is CN(CCOCCN)CC1CCCCC1. The van der Waals surface area contributed by atoms with Crippen LogP contribution in [0.25, 0.3) is 0 Å². The second kappa shape index (κ2) is 8.08. The number of hydrogen-bond donors (Lipinski definition) is 1. The van der Waals surface area contributed by atoms with Gasteiger partial charge >= 0.3 is 0 Å². The molecular weight excluding hydrogens is 188 g/mol. The second-order valence-corrected chi connectivity index (χ2v) is 4.67. The predicted molar refractivity (Wildman–Crippen MR) is 63.9 cm³/mol. The molecule has 0 aromatic rings. The third kappa shape index (κ3) is 6.13. The van der Waals surface area contributed by atoms with E-state index in [1.54, 1.807) is 0 Å². The second-order valence-electron chi connectivity index (χ2n) is 4.67. The highest BCUT2D eigenvalue weighted by molar-refractivity contribution is 4.68. The van der Waals surface area contributed by atoms with Crippen LogP contribution in [-0.2, 0) is 4.74 Å². The van der Waals surface area contributed by atoms with Gasteiger partial charge in [0.15, 0.2) is 0 Å². The number of ether oxygens (including phenoxy) is 1. The van der Waals surface area contributed by atoms with Crippen molar-refractivity contribution in [1.29, 1.82) is 0 Å². The molecule has 1 saturated carbocycles. The van der Waals surface area contributed by atoms with Crippen molar-refractivity contribution in [3.63, 3.8) is 0 Å². The summed E-state index contributed by atoms with van der Waals surface area (Å²) in [7, 11) is 2.19. The lowest BCUT2D eigenvalue weighted by atomic mass is 9.89. The summed E-state index contributed by atoms with van der Waals surface area (Å²) in [5.41, 5.74) is 5.36. The van der Waals surface area contributed by atoms with E-state index in [0.717, 1.165) is 19.1 Å². The van der Waals surface area contributed by atoms with Crippen LogP contribution >= 0.6 is 0 Å². The highest BCUT2D eigenvalue weighted by Crippen LogP contribution is 2.23. The molecule has 1 aliphatic rings. The van der Waals surface area contributed by atoms with Gasteiger partial charge in [-0.2, -0.15) is 0 Å². The highest BCUT2D eigenvalue weighted by atomic mass is 16.5. The standard InChI is InChI=1S/C12H26N2O/c1-14(8-10-15-9-7-13)11-12-5-3-2-4-6-12/h12H,2-11,13H2,1H3. The molecule has 0 saturated heterocycles. The number of rotatable bonds is 7. The minimum absolute atomic E-state index is 0.631. The van der Waals surface area contributed by atoms with Crippen LogP contribution in [0, 0.1) is 5.92 Å². The molecule has 0 unspecified atom stereocenters. The molecule has 1 aliphatic carbocycles. The van der Waals surface area contributed by atoms with E-state index in [4.69, 9.17) is 10.5 Å². The summed E-state index contributed by atoms with van der Waals surface area (Å²) in [5.74, 6) is 0.929. The molecular formula is C12H26N2O. The summed E-state index contributed by atoms with van der Waals surface area (Å²) in [4.78, 5) is 2.40. The first kappa shape index (κ1) is 12.9. The fraction of sp³-hybridized carbons (Fsp3) is 1.00. The Morgan fingerprint density at radius 3 is 2.60 bits per heavy atom. The normalized spacial score (nSPS) is 18.6. The Morgan fingerprint density at radius 1 is 1.20 bits per heavy atom. The first-order valence-corrected chi connectivity index (χ1v) is 6.29. The maximum Gasteiger partial charge on any atom is 0.0593 e. The van der Waals surface area contributed by atoms with Gasteiger partial charge in [-0.1, -0.05) is 19.3 Å². The minimum Gasteiger partial charge on any atom is -0.379 e. The number of nitrogens with zero attached hydrogens (tertiary/aromatic N) is 1. The quantitative estimate of drug-likeness (QED) is 0.652. The van der Waals surface area contributed by atoms with E-state index >= 15 is 0 Å². The first-order valence-electron chi connectivity index (χ1n) is 6.29. The molecule has 0 aromatic carbocycles. The fourth-order valence-electron chi connectivity index (χ4n) is 2.31. The topological polar surface area (TPSA) is 38.5 Å². The van der Waals surface area contributed by atoms with Crippen molar-refractivity contribution < 1.29 is 4.74 Å². The van der Waals surface area contributed by atoms with E-state index in [-0.39, 0.29) is 0 Å². The lowest BCUT2D eigenvalue weighted by Crippen LogP contribution is -2.30. The molecule has 0 aliphatic heterocycles. The van der Waals surface area contributed by atoms with Crippen molar-refractivity contribution in [3.8, 4) is 0 Å². The molecule has 90 valence electrons. The predicted octanol–water partition coefficient (Wildman–Crippen LogP) is 1.47. The zero-order valence-electron chi connectivity index (χ0n) is 10.1. The highest BCUT2D eigenvalue weighted by Gasteiger charge is 2.14. The van der Waals surface area contributed by atoms with E-state index in [1.807, 2.05) is 0 Å². The maximum atomic E-state index is 5.38. The summed E-state index contributed by atoms with van der Waals surface area (Å²) in [6.45, 7) is 4.42. The largest absolute Gasteiger partial charge is 0.379 e. The molecule has 1 rings (SSSR count). The van der Waals surface area contributed by atoms with Crippen LogP contribution in [0.2, 0.25) is 0 Å². The Labute approximate surface area is 94.0 Å². The van der Waals surface area contributed by atoms with E-state index in [9.17, 15) is 0 Å². The molecule has 2 N–H and O–H groups in total. The molecule has 15 heavy (non-hydrogen) atoms. The molecule has 0 amide bonds. The molecule has 0 heterocycles. The van der Waals surface area contributed by atoms with Gasteiger partial charge in [0.05, 0.1) is 13.2 Å². The van der Waals surface area contributed by atoms with Crippen LogP contribution in [0.1, 0.15) is 32.1 Å². The molecule has 0 spiro atoms. The van der Waals surface area contributed by atoms with Gasteiger partial charge in [-0.25, -0.2) is 0 Å². The molecule has 1 fully saturated rings. The van der Waals surface area contributed by atoms with Crippen LogP contribution in [-0.4, -0.2) is 44.8 Å². The average molecular weight is 214 g/mol. The van der Waals surface area contributed by atoms with Crippen molar-refractivity contribution >= 4 is 0 Å². The summed E-state index contributed by atoms with van der Waals surface area (Å²) in [6, 6.07) is 0. The number of hydrogen-bond acceptors (Lipinski definition) is 3. The van der Waals surface area contributed by atoms with Gasteiger partial charge in [0.1, 0.15) is 0 Å². The Bertz CT molecular complexity index is 147.